The van der Waals surface area contributed by atoms with Crippen molar-refractivity contribution in [1.29, 1.82) is 0 Å². The molecule has 93 heavy (non-hydrogen) atoms. The number of benzene rings is 3. The maximum atomic E-state index is 16.4. The maximum absolute atomic E-state index is 16.4. The minimum Gasteiger partial charge on any atom is -0.507 e. The van der Waals surface area contributed by atoms with Crippen LogP contribution in [0.1, 0.15) is 198 Å². The SMILES string of the molecule is CNC[C@@H]1CC[C@]2(C#CC3CCC(CC3)OC[C@H](O)[C@@](C)(O)CNc3cc([C@@H]4C#C[C@@H]5CC(=O)Oc6c5cc(c(O)c6C5CCCCC5)C[C@H]5OC(=O)/C(=C\[C@H](O)Cc6cccc(c6)C[C@@H]6C(=O)C[C@H]7C[C@H](CNC)[C@@H]8[C@H]9CCCC[C@H]9[C@]5(O)[C@H]7[C@@H]86)C4)cc(c3)[C@@H]2O)C1. The van der Waals surface area contributed by atoms with Gasteiger partial charge in [-0.15, -0.1) is 0 Å². The number of Topliss-reactive ketones (excluding diaryl/α,β-unsaturated/α-hetero) is 1. The number of hydrogen-bond donors (Lipinski definition) is 9. The third kappa shape index (κ3) is 12.4. The second kappa shape index (κ2) is 26.4. The van der Waals surface area contributed by atoms with Gasteiger partial charge < -0.3 is 60.8 Å². The second-order valence-corrected chi connectivity index (χ2v) is 31.0. The van der Waals surface area contributed by atoms with Gasteiger partial charge in [0.2, 0.25) is 0 Å². The zero-order chi connectivity index (χ0) is 64.5. The van der Waals surface area contributed by atoms with E-state index in [2.05, 4.69) is 51.8 Å². The van der Waals surface area contributed by atoms with E-state index in [1.807, 2.05) is 50.5 Å². The van der Waals surface area contributed by atoms with Crippen molar-refractivity contribution in [3.8, 4) is 35.2 Å². The summed E-state index contributed by atoms with van der Waals surface area (Å²) in [5.74, 6) is 11.4. The van der Waals surface area contributed by atoms with Crippen LogP contribution in [0.5, 0.6) is 11.5 Å². The molecule has 498 valence electrons. The van der Waals surface area contributed by atoms with E-state index in [1.54, 1.807) is 13.0 Å². The summed E-state index contributed by atoms with van der Waals surface area (Å²) in [6.07, 6.45) is 11.3. The molecule has 15 heteroatoms. The highest BCUT2D eigenvalue weighted by Gasteiger charge is 2.70. The van der Waals surface area contributed by atoms with Gasteiger partial charge in [-0.05, 0) is 229 Å². The fourth-order valence-electron chi connectivity index (χ4n) is 20.7. The molecule has 3 aromatic carbocycles. The summed E-state index contributed by atoms with van der Waals surface area (Å²) in [4.78, 5) is 45.9. The molecule has 0 radical (unpaired) electrons. The number of carbonyl (C=O) groups is 3. The van der Waals surface area contributed by atoms with Gasteiger partial charge in [0.25, 0.3) is 0 Å². The van der Waals surface area contributed by atoms with Crippen molar-refractivity contribution in [2.45, 2.75) is 214 Å². The number of hydrogen-bond acceptors (Lipinski definition) is 15. The number of ether oxygens (including phenoxy) is 3. The minimum atomic E-state index is -1.67. The Morgan fingerprint density at radius 1 is 0.753 bits per heavy atom. The van der Waals surface area contributed by atoms with Crippen molar-refractivity contribution in [1.82, 2.24) is 10.6 Å². The van der Waals surface area contributed by atoms with Crippen LogP contribution in [0.2, 0.25) is 0 Å². The average molecular weight is 1270 g/mol. The van der Waals surface area contributed by atoms with Crippen molar-refractivity contribution >= 4 is 23.4 Å². The van der Waals surface area contributed by atoms with E-state index in [0.717, 1.165) is 114 Å². The molecule has 0 saturated heterocycles. The Bertz CT molecular complexity index is 3490. The largest absolute Gasteiger partial charge is 0.507 e. The van der Waals surface area contributed by atoms with Crippen LogP contribution in [0.25, 0.3) is 0 Å². The maximum Gasteiger partial charge on any atom is 0.334 e. The lowest BCUT2D eigenvalue weighted by atomic mass is 9.38. The number of anilines is 1. The highest BCUT2D eigenvalue weighted by molar-refractivity contribution is 5.89. The summed E-state index contributed by atoms with van der Waals surface area (Å²) < 4.78 is 19.9. The zero-order valence-electron chi connectivity index (χ0n) is 54.8. The molecule has 9 N–H and O–H groups in total. The van der Waals surface area contributed by atoms with Crippen molar-refractivity contribution in [3.63, 3.8) is 0 Å². The van der Waals surface area contributed by atoms with E-state index in [-0.39, 0.29) is 115 Å². The first-order chi connectivity index (χ1) is 44.9. The molecule has 16 bridgehead atoms. The Morgan fingerprint density at radius 3 is 2.30 bits per heavy atom. The summed E-state index contributed by atoms with van der Waals surface area (Å²) in [5, 5.41) is 88.1. The Morgan fingerprint density at radius 2 is 1.51 bits per heavy atom. The number of nitrogens with one attached hydrogen (secondary N) is 3. The predicted molar refractivity (Wildman–Crippen MR) is 353 cm³/mol. The third-order valence-electron chi connectivity index (χ3n) is 25.1. The number of rotatable bonds is 6. The number of ketones is 1. The molecule has 18 atom stereocenters. The van der Waals surface area contributed by atoms with Crippen molar-refractivity contribution < 1.29 is 59.2 Å². The van der Waals surface area contributed by atoms with Gasteiger partial charge in [0.1, 0.15) is 40.7 Å². The first kappa shape index (κ1) is 64.7. The minimum absolute atomic E-state index is 0.0157. The molecule has 0 unspecified atom stereocenters. The monoisotopic (exact) mass is 1270 g/mol. The Labute approximate surface area is 549 Å². The second-order valence-electron chi connectivity index (χ2n) is 31.0. The van der Waals surface area contributed by atoms with Gasteiger partial charge in [-0.3, -0.25) is 9.59 Å². The van der Waals surface area contributed by atoms with Crippen LogP contribution in [-0.4, -0.2) is 124 Å². The number of aliphatic hydroxyl groups is 5. The molecule has 5 heterocycles. The van der Waals surface area contributed by atoms with Crippen molar-refractivity contribution in [2.75, 3.05) is 45.7 Å². The molecule has 5 aliphatic heterocycles. The number of phenolic OH excluding ortho intramolecular Hbond substituents is 1. The predicted octanol–water partition coefficient (Wildman–Crippen LogP) is 9.56. The molecule has 1 spiro atoms. The van der Waals surface area contributed by atoms with Crippen LogP contribution < -0.4 is 20.7 Å². The van der Waals surface area contributed by atoms with Gasteiger partial charge >= 0.3 is 11.9 Å². The highest BCUT2D eigenvalue weighted by atomic mass is 16.6. The Hall–Kier alpha value is -5.59. The summed E-state index contributed by atoms with van der Waals surface area (Å²) in [7, 11) is 3.96. The molecule has 7 aliphatic carbocycles. The van der Waals surface area contributed by atoms with Crippen LogP contribution in [0.3, 0.4) is 0 Å². The number of esters is 2. The quantitative estimate of drug-likeness (QED) is 0.0635. The lowest BCUT2D eigenvalue weighted by Gasteiger charge is -2.68. The third-order valence-corrected chi connectivity index (χ3v) is 25.1. The van der Waals surface area contributed by atoms with Crippen molar-refractivity contribution in [3.05, 3.63) is 99.1 Å². The molecule has 15 nitrogen and oxygen atoms in total. The molecule has 0 amide bonds. The molecule has 12 aliphatic rings. The van der Waals surface area contributed by atoms with Gasteiger partial charge in [0.05, 0.1) is 42.7 Å². The van der Waals surface area contributed by atoms with Gasteiger partial charge in [-0.1, -0.05) is 86.1 Å². The van der Waals surface area contributed by atoms with Crippen LogP contribution in [0.15, 0.2) is 60.2 Å². The molecule has 7 fully saturated rings. The van der Waals surface area contributed by atoms with Gasteiger partial charge in [0, 0.05) is 65.9 Å². The number of aliphatic hydroxyl groups excluding tert-OH is 3. The van der Waals surface area contributed by atoms with E-state index in [4.69, 9.17) is 14.2 Å². The number of fused-ring (bicyclic) bond motifs is 17. The molecule has 0 aromatic heterocycles. The van der Waals surface area contributed by atoms with Crippen LogP contribution >= 0.6 is 0 Å². The van der Waals surface area contributed by atoms with Gasteiger partial charge in [-0.25, -0.2) is 4.79 Å². The van der Waals surface area contributed by atoms with E-state index < -0.39 is 76.6 Å². The Balaban J connectivity index is 0.977. The molecular weight excluding hydrogens is 1170 g/mol. The lowest BCUT2D eigenvalue weighted by Crippen LogP contribution is -2.73. The molecule has 3 aromatic rings. The van der Waals surface area contributed by atoms with Crippen LogP contribution in [0.4, 0.5) is 5.69 Å². The highest BCUT2D eigenvalue weighted by Crippen LogP contribution is 2.68. The molecule has 15 rings (SSSR count). The molecule has 7 saturated carbocycles. The van der Waals surface area contributed by atoms with Crippen LogP contribution in [-0.2, 0) is 43.1 Å². The fraction of sp³-hybridized carbons (Fsp3) is 0.654. The number of aromatic hydroxyl groups is 1. The summed E-state index contributed by atoms with van der Waals surface area (Å²) in [5.41, 5.74) is 1.16. The van der Waals surface area contributed by atoms with E-state index >= 15 is 14.7 Å². The summed E-state index contributed by atoms with van der Waals surface area (Å²) >= 11 is 0. The number of carbonyl (C=O) groups excluding carboxylic acids is 3. The fourth-order valence-corrected chi connectivity index (χ4v) is 20.7. The van der Waals surface area contributed by atoms with E-state index in [0.29, 0.717) is 71.4 Å². The van der Waals surface area contributed by atoms with Gasteiger partial charge in [-0.2, -0.15) is 0 Å². The topological polar surface area (TPSA) is 236 Å². The van der Waals surface area contributed by atoms with E-state index in [9.17, 15) is 30.3 Å². The smallest absolute Gasteiger partial charge is 0.334 e. The molecular formula is C78H99N3O12. The first-order valence-corrected chi connectivity index (χ1v) is 35.8. The first-order valence-electron chi connectivity index (χ1n) is 35.8. The number of phenols is 1. The average Bonchev–Trinajstić information content (AvgIpc) is 0.899. The van der Waals surface area contributed by atoms with Crippen molar-refractivity contribution in [2.24, 2.45) is 64.6 Å². The standard InChI is InChI=1S/C78H99N3O12/c1-76(89)43-81-57-32-51(30-54(33-57)74(87)77(25-23-47(39-77)40-79-2)24-22-44-16-20-59(21-17-44)91-42-65(76)84)49-18-19-50-38-67(85)93-73-61(50)35-53(72(86)69(73)48-12-5-4-6-13-48)37-66-78(90)63-15-8-7-14-60(63)68-56(41-80-3)31-52-36-64(83)62(70(68)71(52)78)28-46-11-9-10-45(26-46)27-58(82)34-55(29-49)75(88)92-66/h9-11,26,30,32-35,44,47-50,52,56,58-60,62-63,65-66,68,70-71,74,79-82,84,86-87,89-90H,4-8,12-17,20-21,23,25,27-29,31,36-43H2,1-3H3/b55-34-/t44?,47-,49-,50-,52-,56-,58-,59?,60+,62-,63-,65+,66-,68-,70-,71-,74+,76+,77-,78-/m1/s1. The van der Waals surface area contributed by atoms with Crippen LogP contribution in [0, 0.1) is 88.3 Å². The lowest BCUT2D eigenvalue weighted by molar-refractivity contribution is -0.274. The van der Waals surface area contributed by atoms with Gasteiger partial charge in [0.15, 0.2) is 0 Å². The summed E-state index contributed by atoms with van der Waals surface area (Å²) in [6.45, 7) is 2.98. The Kier molecular flexibility index (Phi) is 18.4. The summed E-state index contributed by atoms with van der Waals surface area (Å²) in [6, 6.07) is 15.8. The van der Waals surface area contributed by atoms with E-state index in [1.165, 1.54) is 0 Å². The normalized spacial score (nSPS) is 39.8. The zero-order valence-corrected chi connectivity index (χ0v) is 54.8.